The molecule has 0 aliphatic rings. The molecule has 0 bridgehead atoms. The van der Waals surface area contributed by atoms with Gasteiger partial charge in [-0.3, -0.25) is 4.79 Å². The summed E-state index contributed by atoms with van der Waals surface area (Å²) in [6, 6.07) is 10.2. The van der Waals surface area contributed by atoms with Gasteiger partial charge in [0, 0.05) is 6.07 Å². The second kappa shape index (κ2) is 6.83. The van der Waals surface area contributed by atoms with Crippen molar-refractivity contribution in [1.29, 1.82) is 0 Å². The van der Waals surface area contributed by atoms with Gasteiger partial charge in [-0.05, 0) is 35.2 Å². The van der Waals surface area contributed by atoms with Crippen LogP contribution in [0.4, 0.5) is 5.69 Å². The third-order valence-corrected chi connectivity index (χ3v) is 3.76. The zero-order valence-corrected chi connectivity index (χ0v) is 14.6. The average Bonchev–Trinajstić information content (AvgIpc) is 2.55. The lowest BCUT2D eigenvalue weighted by atomic mass is 9.87. The monoisotopic (exact) mass is 329 g/mol. The number of phenols is 1. The molecule has 2 aromatic rings. The van der Waals surface area contributed by atoms with Crippen LogP contribution in [0.1, 0.15) is 36.7 Å². The number of nitrogens with one attached hydrogen (secondary N) is 1. The van der Waals surface area contributed by atoms with Gasteiger partial charge in [0.05, 0.1) is 25.5 Å². The van der Waals surface area contributed by atoms with Crippen LogP contribution in [0.2, 0.25) is 0 Å². The Morgan fingerprint density at radius 1 is 1.04 bits per heavy atom. The van der Waals surface area contributed by atoms with Crippen LogP contribution in [-0.4, -0.2) is 25.2 Å². The number of carbonyl (C=O) groups is 1. The molecule has 0 atom stereocenters. The maximum atomic E-state index is 12.6. The Labute approximate surface area is 142 Å². The van der Waals surface area contributed by atoms with Crippen molar-refractivity contribution in [2.45, 2.75) is 26.2 Å². The quantitative estimate of drug-likeness (QED) is 0.833. The third-order valence-electron chi connectivity index (χ3n) is 3.76. The molecule has 0 aromatic heterocycles. The molecule has 0 saturated carbocycles. The van der Waals surface area contributed by atoms with E-state index in [2.05, 4.69) is 26.1 Å². The molecule has 0 aliphatic carbocycles. The smallest absolute Gasteiger partial charge is 0.259 e. The number of rotatable bonds is 4. The van der Waals surface area contributed by atoms with Gasteiger partial charge in [0.15, 0.2) is 0 Å². The van der Waals surface area contributed by atoms with Crippen LogP contribution in [0.3, 0.4) is 0 Å². The number of hydrogen-bond acceptors (Lipinski definition) is 4. The van der Waals surface area contributed by atoms with Crippen LogP contribution in [0.25, 0.3) is 0 Å². The van der Waals surface area contributed by atoms with Crippen molar-refractivity contribution in [3.63, 3.8) is 0 Å². The Hall–Kier alpha value is -2.69. The van der Waals surface area contributed by atoms with Crippen molar-refractivity contribution in [1.82, 2.24) is 0 Å². The molecule has 0 aliphatic heterocycles. The minimum absolute atomic E-state index is 0.0174. The summed E-state index contributed by atoms with van der Waals surface area (Å²) in [6.07, 6.45) is 0. The van der Waals surface area contributed by atoms with Gasteiger partial charge in [0.25, 0.3) is 5.91 Å². The largest absolute Gasteiger partial charge is 0.506 e. The molecule has 5 heteroatoms. The maximum Gasteiger partial charge on any atom is 0.259 e. The van der Waals surface area contributed by atoms with Crippen molar-refractivity contribution in [2.24, 2.45) is 0 Å². The second-order valence-corrected chi connectivity index (χ2v) is 6.50. The van der Waals surface area contributed by atoms with Gasteiger partial charge in [0.2, 0.25) is 0 Å². The van der Waals surface area contributed by atoms with E-state index in [9.17, 15) is 9.90 Å². The number of methoxy groups -OCH3 is 2. The number of ether oxygens (including phenoxy) is 2. The van der Waals surface area contributed by atoms with E-state index in [-0.39, 0.29) is 17.1 Å². The first-order chi connectivity index (χ1) is 11.3. The van der Waals surface area contributed by atoms with Crippen LogP contribution in [0, 0.1) is 0 Å². The standard InChI is InChI=1S/C19H23NO4/c1-19(2,3)12-6-9-16(21)15(10-12)20-18(22)14-8-7-13(23-4)11-17(14)24-5/h6-11,21H,1-5H3,(H,20,22). The van der Waals surface area contributed by atoms with Crippen molar-refractivity contribution in [2.75, 3.05) is 19.5 Å². The highest BCUT2D eigenvalue weighted by Gasteiger charge is 2.18. The Kier molecular flexibility index (Phi) is 5.02. The molecule has 5 nitrogen and oxygen atoms in total. The molecule has 0 saturated heterocycles. The fourth-order valence-electron chi connectivity index (χ4n) is 2.28. The lowest BCUT2D eigenvalue weighted by Gasteiger charge is -2.20. The van der Waals surface area contributed by atoms with Gasteiger partial charge in [-0.15, -0.1) is 0 Å². The molecule has 0 fully saturated rings. The first-order valence-corrected chi connectivity index (χ1v) is 7.63. The Bertz CT molecular complexity index is 748. The van der Waals surface area contributed by atoms with E-state index in [1.165, 1.54) is 7.11 Å². The van der Waals surface area contributed by atoms with E-state index < -0.39 is 0 Å². The summed E-state index contributed by atoms with van der Waals surface area (Å²) in [7, 11) is 3.04. The topological polar surface area (TPSA) is 67.8 Å². The van der Waals surface area contributed by atoms with E-state index in [4.69, 9.17) is 9.47 Å². The third kappa shape index (κ3) is 3.79. The van der Waals surface area contributed by atoms with Gasteiger partial charge >= 0.3 is 0 Å². The van der Waals surface area contributed by atoms with Crippen molar-refractivity contribution in [3.8, 4) is 17.2 Å². The fraction of sp³-hybridized carbons (Fsp3) is 0.316. The summed E-state index contributed by atoms with van der Waals surface area (Å²) in [5, 5.41) is 12.8. The van der Waals surface area contributed by atoms with Crippen LogP contribution in [0.5, 0.6) is 17.2 Å². The molecule has 1 amide bonds. The molecule has 0 spiro atoms. The van der Waals surface area contributed by atoms with Crippen molar-refractivity contribution >= 4 is 11.6 Å². The van der Waals surface area contributed by atoms with E-state index in [0.29, 0.717) is 22.7 Å². The van der Waals surface area contributed by atoms with E-state index >= 15 is 0 Å². The molecule has 128 valence electrons. The summed E-state index contributed by atoms with van der Waals surface area (Å²) < 4.78 is 10.4. The molecule has 0 heterocycles. The minimum Gasteiger partial charge on any atom is -0.506 e. The van der Waals surface area contributed by atoms with E-state index in [1.54, 1.807) is 37.4 Å². The Morgan fingerprint density at radius 2 is 1.75 bits per heavy atom. The minimum atomic E-state index is -0.365. The van der Waals surface area contributed by atoms with Crippen LogP contribution < -0.4 is 14.8 Å². The highest BCUT2D eigenvalue weighted by molar-refractivity contribution is 6.07. The van der Waals surface area contributed by atoms with E-state index in [0.717, 1.165) is 5.56 Å². The average molecular weight is 329 g/mol. The highest BCUT2D eigenvalue weighted by atomic mass is 16.5. The summed E-state index contributed by atoms with van der Waals surface area (Å²) in [4.78, 5) is 12.6. The summed E-state index contributed by atoms with van der Waals surface area (Å²) in [6.45, 7) is 6.20. The summed E-state index contributed by atoms with van der Waals surface area (Å²) in [5.41, 5.74) is 1.65. The summed E-state index contributed by atoms with van der Waals surface area (Å²) in [5.74, 6) is 0.652. The number of phenolic OH excluding ortho intramolecular Hbond substituents is 1. The van der Waals surface area contributed by atoms with Gasteiger partial charge in [-0.1, -0.05) is 26.8 Å². The molecule has 2 aromatic carbocycles. The zero-order chi connectivity index (χ0) is 17.9. The zero-order valence-electron chi connectivity index (χ0n) is 14.6. The number of carbonyl (C=O) groups excluding carboxylic acids is 1. The molecule has 0 radical (unpaired) electrons. The fourth-order valence-corrected chi connectivity index (χ4v) is 2.28. The SMILES string of the molecule is COc1ccc(C(=O)Nc2cc(C(C)(C)C)ccc2O)c(OC)c1. The molecular formula is C19H23NO4. The maximum absolute atomic E-state index is 12.6. The van der Waals surface area contributed by atoms with Gasteiger partial charge < -0.3 is 19.9 Å². The normalized spacial score (nSPS) is 11.0. The first kappa shape index (κ1) is 17.7. The molecular weight excluding hydrogens is 306 g/mol. The van der Waals surface area contributed by atoms with Crippen LogP contribution in [-0.2, 0) is 5.41 Å². The summed E-state index contributed by atoms with van der Waals surface area (Å²) >= 11 is 0. The second-order valence-electron chi connectivity index (χ2n) is 6.50. The number of anilines is 1. The Morgan fingerprint density at radius 3 is 2.33 bits per heavy atom. The molecule has 24 heavy (non-hydrogen) atoms. The van der Waals surface area contributed by atoms with Crippen LogP contribution >= 0.6 is 0 Å². The number of amides is 1. The lowest BCUT2D eigenvalue weighted by molar-refractivity contribution is 0.102. The van der Waals surface area contributed by atoms with Crippen molar-refractivity contribution in [3.05, 3.63) is 47.5 Å². The van der Waals surface area contributed by atoms with E-state index in [1.807, 2.05) is 6.07 Å². The predicted octanol–water partition coefficient (Wildman–Crippen LogP) is 3.96. The van der Waals surface area contributed by atoms with Gasteiger partial charge in [-0.25, -0.2) is 0 Å². The number of aromatic hydroxyl groups is 1. The number of hydrogen-bond donors (Lipinski definition) is 2. The predicted molar refractivity (Wildman–Crippen MR) is 94.3 cm³/mol. The van der Waals surface area contributed by atoms with Gasteiger partial charge in [-0.2, -0.15) is 0 Å². The lowest BCUT2D eigenvalue weighted by Crippen LogP contribution is -2.15. The molecule has 2 rings (SSSR count). The molecule has 0 unspecified atom stereocenters. The van der Waals surface area contributed by atoms with Crippen LogP contribution in [0.15, 0.2) is 36.4 Å². The number of benzene rings is 2. The molecule has 2 N–H and O–H groups in total. The highest BCUT2D eigenvalue weighted by Crippen LogP contribution is 2.32. The first-order valence-electron chi connectivity index (χ1n) is 7.63. The van der Waals surface area contributed by atoms with Gasteiger partial charge in [0.1, 0.15) is 17.2 Å². The Balaban J connectivity index is 2.33. The van der Waals surface area contributed by atoms with Crippen molar-refractivity contribution < 1.29 is 19.4 Å².